The zero-order valence-electron chi connectivity index (χ0n) is 11.9. The molecular formula is C13H17BrF3NO3. The number of alkyl halides is 3. The number of nitrogens with one attached hydrogen (secondary N) is 1. The molecule has 0 aliphatic heterocycles. The largest absolute Gasteiger partial charge is 0.495 e. The van der Waals surface area contributed by atoms with Gasteiger partial charge in [-0.25, -0.2) is 0 Å². The molecule has 0 aromatic heterocycles. The number of hydrogen-bond acceptors (Lipinski definition) is 4. The van der Waals surface area contributed by atoms with Crippen LogP contribution in [0.25, 0.3) is 0 Å². The van der Waals surface area contributed by atoms with Gasteiger partial charge >= 0.3 is 6.18 Å². The first-order valence-electron chi connectivity index (χ1n) is 6.06. The van der Waals surface area contributed by atoms with E-state index in [0.717, 1.165) is 0 Å². The van der Waals surface area contributed by atoms with Gasteiger partial charge in [-0.2, -0.15) is 13.2 Å². The van der Waals surface area contributed by atoms with Crippen molar-refractivity contribution < 1.29 is 27.4 Å². The van der Waals surface area contributed by atoms with Gasteiger partial charge in [0.2, 0.25) is 0 Å². The molecule has 1 atom stereocenters. The van der Waals surface area contributed by atoms with Crippen molar-refractivity contribution in [2.75, 3.05) is 34.5 Å². The minimum Gasteiger partial charge on any atom is -0.495 e. The summed E-state index contributed by atoms with van der Waals surface area (Å²) in [5.74, 6) is 1.06. The van der Waals surface area contributed by atoms with E-state index < -0.39 is 18.8 Å². The molecule has 0 aliphatic rings. The van der Waals surface area contributed by atoms with Gasteiger partial charge in [-0.05, 0) is 35.1 Å². The minimum atomic E-state index is -4.34. The first-order valence-corrected chi connectivity index (χ1v) is 6.85. The Balaban J connectivity index is 2.92. The average Bonchev–Trinajstić information content (AvgIpc) is 2.42. The van der Waals surface area contributed by atoms with Gasteiger partial charge in [-0.1, -0.05) is 0 Å². The summed E-state index contributed by atoms with van der Waals surface area (Å²) in [6.45, 7) is -1.42. The molecule has 0 heterocycles. The predicted octanol–water partition coefficient (Wildman–Crippen LogP) is 3.31. The lowest BCUT2D eigenvalue weighted by Gasteiger charge is -2.21. The molecule has 1 N–H and O–H groups in total. The van der Waals surface area contributed by atoms with E-state index in [-0.39, 0.29) is 6.61 Å². The summed E-state index contributed by atoms with van der Waals surface area (Å²) in [7, 11) is 4.63. The normalized spacial score (nSPS) is 13.1. The molecule has 4 nitrogen and oxygen atoms in total. The fourth-order valence-electron chi connectivity index (χ4n) is 1.81. The molecule has 1 rings (SSSR count). The van der Waals surface area contributed by atoms with Gasteiger partial charge in [-0.15, -0.1) is 0 Å². The number of likely N-dealkylation sites (N-methyl/N-ethyl adjacent to an activating group) is 1. The van der Waals surface area contributed by atoms with Crippen LogP contribution in [0.4, 0.5) is 13.2 Å². The number of methoxy groups -OCH3 is 2. The van der Waals surface area contributed by atoms with Crippen molar-refractivity contribution in [1.29, 1.82) is 0 Å². The maximum Gasteiger partial charge on any atom is 0.411 e. The molecule has 0 radical (unpaired) electrons. The van der Waals surface area contributed by atoms with Gasteiger partial charge in [0, 0.05) is 5.56 Å². The van der Waals surface area contributed by atoms with Crippen LogP contribution in [-0.2, 0) is 4.74 Å². The molecular weight excluding hydrogens is 355 g/mol. The number of benzene rings is 1. The van der Waals surface area contributed by atoms with Gasteiger partial charge in [0.25, 0.3) is 0 Å². The van der Waals surface area contributed by atoms with Crippen LogP contribution in [0.2, 0.25) is 0 Å². The van der Waals surface area contributed by atoms with E-state index in [1.807, 2.05) is 0 Å². The molecule has 1 aromatic rings. The van der Waals surface area contributed by atoms with Gasteiger partial charge in [0.15, 0.2) is 0 Å². The van der Waals surface area contributed by atoms with Crippen LogP contribution in [0.1, 0.15) is 11.6 Å². The molecule has 120 valence electrons. The van der Waals surface area contributed by atoms with Crippen molar-refractivity contribution in [1.82, 2.24) is 5.32 Å². The second-order valence-corrected chi connectivity index (χ2v) is 4.97. The fourth-order valence-corrected chi connectivity index (χ4v) is 2.50. The number of rotatable bonds is 7. The quantitative estimate of drug-likeness (QED) is 0.798. The van der Waals surface area contributed by atoms with Crippen molar-refractivity contribution in [3.63, 3.8) is 0 Å². The van der Waals surface area contributed by atoms with E-state index in [9.17, 15) is 13.2 Å². The minimum absolute atomic E-state index is 0.134. The molecule has 0 bridgehead atoms. The van der Waals surface area contributed by atoms with E-state index in [1.165, 1.54) is 14.2 Å². The third kappa shape index (κ3) is 5.05. The summed E-state index contributed by atoms with van der Waals surface area (Å²) in [4.78, 5) is 0. The van der Waals surface area contributed by atoms with Gasteiger partial charge in [0.05, 0.1) is 26.9 Å². The highest BCUT2D eigenvalue weighted by Crippen LogP contribution is 2.39. The lowest BCUT2D eigenvalue weighted by Crippen LogP contribution is -2.26. The predicted molar refractivity (Wildman–Crippen MR) is 75.9 cm³/mol. The van der Waals surface area contributed by atoms with Crippen LogP contribution < -0.4 is 14.8 Å². The van der Waals surface area contributed by atoms with Crippen LogP contribution in [0.3, 0.4) is 0 Å². The molecule has 0 amide bonds. The average molecular weight is 372 g/mol. The summed E-state index contributed by atoms with van der Waals surface area (Å²) in [6, 6.07) is 2.99. The van der Waals surface area contributed by atoms with Gasteiger partial charge in [-0.3, -0.25) is 0 Å². The third-order valence-electron chi connectivity index (χ3n) is 2.79. The Morgan fingerprint density at radius 1 is 1.24 bits per heavy atom. The fraction of sp³-hybridized carbons (Fsp3) is 0.538. The molecule has 0 saturated carbocycles. The maximum absolute atomic E-state index is 12.1. The number of hydrogen-bond donors (Lipinski definition) is 1. The molecule has 0 aliphatic carbocycles. The topological polar surface area (TPSA) is 39.7 Å². The van der Waals surface area contributed by atoms with E-state index in [4.69, 9.17) is 14.2 Å². The summed E-state index contributed by atoms with van der Waals surface area (Å²) in [5.41, 5.74) is 0.676. The van der Waals surface area contributed by atoms with Crippen molar-refractivity contribution in [2.45, 2.75) is 12.2 Å². The number of ether oxygens (including phenoxy) is 3. The highest BCUT2D eigenvalue weighted by molar-refractivity contribution is 9.10. The van der Waals surface area contributed by atoms with Crippen molar-refractivity contribution in [3.8, 4) is 11.5 Å². The second-order valence-electron chi connectivity index (χ2n) is 4.18. The lowest BCUT2D eigenvalue weighted by molar-refractivity contribution is -0.175. The van der Waals surface area contributed by atoms with Gasteiger partial charge in [0.1, 0.15) is 22.6 Å². The van der Waals surface area contributed by atoms with E-state index >= 15 is 0 Å². The van der Waals surface area contributed by atoms with Crippen molar-refractivity contribution in [3.05, 3.63) is 22.2 Å². The van der Waals surface area contributed by atoms with Crippen molar-refractivity contribution >= 4 is 15.9 Å². The summed E-state index contributed by atoms with van der Waals surface area (Å²) in [5, 5.41) is 2.91. The summed E-state index contributed by atoms with van der Waals surface area (Å²) < 4.78 is 52.1. The molecule has 1 unspecified atom stereocenters. The van der Waals surface area contributed by atoms with Crippen LogP contribution in [0, 0.1) is 0 Å². The smallest absolute Gasteiger partial charge is 0.411 e. The highest BCUT2D eigenvalue weighted by atomic mass is 79.9. The first kappa shape index (κ1) is 18.1. The summed E-state index contributed by atoms with van der Waals surface area (Å²) in [6.07, 6.45) is -4.34. The monoisotopic (exact) mass is 371 g/mol. The SMILES string of the molecule is CNC(COCC(F)(F)F)c1ccc(OC)c(Br)c1OC. The molecule has 0 saturated heterocycles. The highest BCUT2D eigenvalue weighted by Gasteiger charge is 2.28. The van der Waals surface area contributed by atoms with Crippen LogP contribution >= 0.6 is 15.9 Å². The van der Waals surface area contributed by atoms with E-state index in [2.05, 4.69) is 21.2 Å². The molecule has 1 aromatic carbocycles. The Hall–Kier alpha value is -0.990. The van der Waals surface area contributed by atoms with Crippen molar-refractivity contribution in [2.24, 2.45) is 0 Å². The van der Waals surface area contributed by atoms with E-state index in [1.54, 1.807) is 19.2 Å². The Bertz CT molecular complexity index is 469. The first-order chi connectivity index (χ1) is 9.84. The van der Waals surface area contributed by atoms with Crippen LogP contribution in [0.5, 0.6) is 11.5 Å². The zero-order valence-corrected chi connectivity index (χ0v) is 13.5. The summed E-state index contributed by atoms with van der Waals surface area (Å²) >= 11 is 3.35. The van der Waals surface area contributed by atoms with Crippen LogP contribution in [-0.4, -0.2) is 40.7 Å². The van der Waals surface area contributed by atoms with E-state index in [0.29, 0.717) is 21.5 Å². The van der Waals surface area contributed by atoms with Gasteiger partial charge < -0.3 is 19.5 Å². The standard InChI is InChI=1S/C13H17BrF3NO3/c1-18-9(6-21-7-13(15,16)17)8-4-5-10(19-2)11(14)12(8)20-3/h4-5,9,18H,6-7H2,1-3H3. The Kier molecular flexibility index (Phi) is 6.76. The zero-order chi connectivity index (χ0) is 16.0. The lowest BCUT2D eigenvalue weighted by atomic mass is 10.1. The molecule has 0 spiro atoms. The second kappa shape index (κ2) is 7.86. The molecule has 0 fully saturated rings. The Morgan fingerprint density at radius 3 is 2.38 bits per heavy atom. The van der Waals surface area contributed by atoms with Crippen LogP contribution in [0.15, 0.2) is 16.6 Å². The Labute approximate surface area is 129 Å². The maximum atomic E-state index is 12.1. The Morgan fingerprint density at radius 2 is 1.90 bits per heavy atom. The number of halogens is 4. The molecule has 8 heteroatoms. The molecule has 21 heavy (non-hydrogen) atoms. The third-order valence-corrected chi connectivity index (χ3v) is 3.54.